The molecule has 0 bridgehead atoms. The molecule has 15 heavy (non-hydrogen) atoms. The van der Waals surface area contributed by atoms with Gasteiger partial charge in [-0.2, -0.15) is 0 Å². The molecule has 3 N–H and O–H groups in total. The van der Waals surface area contributed by atoms with Crippen molar-refractivity contribution in [2.75, 3.05) is 18.9 Å². The van der Waals surface area contributed by atoms with E-state index >= 15 is 0 Å². The molecule has 80 valence electrons. The second kappa shape index (κ2) is 5.64. The predicted octanol–water partition coefficient (Wildman–Crippen LogP) is 0.554. The van der Waals surface area contributed by atoms with Gasteiger partial charge >= 0.3 is 6.03 Å². The van der Waals surface area contributed by atoms with E-state index in [1.54, 1.807) is 12.1 Å². The van der Waals surface area contributed by atoms with E-state index < -0.39 is 0 Å². The summed E-state index contributed by atoms with van der Waals surface area (Å²) in [5.41, 5.74) is 0.709. The summed E-state index contributed by atoms with van der Waals surface area (Å²) < 4.78 is 0. The molecule has 0 saturated carbocycles. The largest absolute Gasteiger partial charge is 0.341 e. The monoisotopic (exact) mass is 207 g/mol. The number of carbonyl (C=O) groups is 2. The first-order chi connectivity index (χ1) is 7.22. The Kier molecular flexibility index (Phi) is 4.15. The van der Waals surface area contributed by atoms with E-state index in [4.69, 9.17) is 0 Å². The predicted molar refractivity (Wildman–Crippen MR) is 57.5 cm³/mol. The Morgan fingerprint density at radius 1 is 1.20 bits per heavy atom. The van der Waals surface area contributed by atoms with Gasteiger partial charge in [-0.15, -0.1) is 0 Å². The molecule has 0 unspecified atom stereocenters. The molecule has 0 saturated heterocycles. The molecule has 0 atom stereocenters. The summed E-state index contributed by atoms with van der Waals surface area (Å²) in [6.07, 6.45) is 0. The van der Waals surface area contributed by atoms with Crippen LogP contribution in [0.4, 0.5) is 10.5 Å². The van der Waals surface area contributed by atoms with Crippen molar-refractivity contribution >= 4 is 17.6 Å². The van der Waals surface area contributed by atoms with E-state index in [9.17, 15) is 9.59 Å². The van der Waals surface area contributed by atoms with Crippen LogP contribution in [0, 0.1) is 0 Å². The first-order valence-electron chi connectivity index (χ1n) is 4.53. The average molecular weight is 207 g/mol. The van der Waals surface area contributed by atoms with E-state index in [2.05, 4.69) is 16.0 Å². The van der Waals surface area contributed by atoms with Crippen LogP contribution in [0.2, 0.25) is 0 Å². The number of anilines is 1. The lowest BCUT2D eigenvalue weighted by Crippen LogP contribution is -2.38. The van der Waals surface area contributed by atoms with Gasteiger partial charge in [0, 0.05) is 12.7 Å². The maximum Gasteiger partial charge on any atom is 0.314 e. The fraction of sp³-hybridized carbons (Fsp3) is 0.200. The Labute approximate surface area is 87.9 Å². The molecule has 0 radical (unpaired) electrons. The van der Waals surface area contributed by atoms with Crippen molar-refractivity contribution in [3.05, 3.63) is 30.3 Å². The third-order valence-corrected chi connectivity index (χ3v) is 1.69. The van der Waals surface area contributed by atoms with Crippen molar-refractivity contribution in [3.8, 4) is 0 Å². The first-order valence-corrected chi connectivity index (χ1v) is 4.53. The summed E-state index contributed by atoms with van der Waals surface area (Å²) in [4.78, 5) is 22.0. The lowest BCUT2D eigenvalue weighted by molar-refractivity contribution is -0.115. The van der Waals surface area contributed by atoms with Crippen LogP contribution in [0.5, 0.6) is 0 Å². The molecule has 0 fully saturated rings. The van der Waals surface area contributed by atoms with Gasteiger partial charge in [0.25, 0.3) is 0 Å². The zero-order valence-electron chi connectivity index (χ0n) is 8.41. The fourth-order valence-electron chi connectivity index (χ4n) is 0.976. The van der Waals surface area contributed by atoms with Crippen molar-refractivity contribution < 1.29 is 9.59 Å². The van der Waals surface area contributed by atoms with Crippen LogP contribution >= 0.6 is 0 Å². The number of hydrogen-bond donors (Lipinski definition) is 3. The number of nitrogens with one attached hydrogen (secondary N) is 3. The topological polar surface area (TPSA) is 70.2 Å². The normalized spacial score (nSPS) is 9.13. The first kappa shape index (κ1) is 11.0. The maximum atomic E-state index is 11.3. The molecule has 0 spiro atoms. The van der Waals surface area contributed by atoms with Crippen LogP contribution in [0.3, 0.4) is 0 Å². The molecular formula is C10H13N3O2. The number of urea groups is 1. The van der Waals surface area contributed by atoms with Crippen LogP contribution in [0.1, 0.15) is 0 Å². The van der Waals surface area contributed by atoms with Gasteiger partial charge in [0.15, 0.2) is 0 Å². The smallest absolute Gasteiger partial charge is 0.314 e. The molecule has 1 aromatic rings. The summed E-state index contributed by atoms with van der Waals surface area (Å²) in [5.74, 6) is -0.259. The second-order valence-electron chi connectivity index (χ2n) is 2.85. The highest BCUT2D eigenvalue weighted by atomic mass is 16.2. The minimum atomic E-state index is -0.377. The van der Waals surface area contributed by atoms with Crippen molar-refractivity contribution in [1.82, 2.24) is 10.6 Å². The molecule has 0 aliphatic carbocycles. The summed E-state index contributed by atoms with van der Waals surface area (Å²) >= 11 is 0. The highest BCUT2D eigenvalue weighted by Crippen LogP contribution is 2.03. The Morgan fingerprint density at radius 3 is 2.47 bits per heavy atom. The lowest BCUT2D eigenvalue weighted by Gasteiger charge is -2.05. The van der Waals surface area contributed by atoms with Crippen molar-refractivity contribution in [2.45, 2.75) is 0 Å². The highest BCUT2D eigenvalue weighted by Gasteiger charge is 2.03. The van der Waals surface area contributed by atoms with E-state index in [1.807, 2.05) is 18.2 Å². The Morgan fingerprint density at radius 2 is 1.87 bits per heavy atom. The van der Waals surface area contributed by atoms with E-state index in [0.717, 1.165) is 0 Å². The molecule has 0 aliphatic rings. The van der Waals surface area contributed by atoms with Crippen molar-refractivity contribution in [1.29, 1.82) is 0 Å². The summed E-state index contributed by atoms with van der Waals surface area (Å²) in [6, 6.07) is 8.68. The second-order valence-corrected chi connectivity index (χ2v) is 2.85. The quantitative estimate of drug-likeness (QED) is 0.677. The Hall–Kier alpha value is -2.04. The minimum Gasteiger partial charge on any atom is -0.341 e. The molecular weight excluding hydrogens is 194 g/mol. The number of amides is 3. The van der Waals surface area contributed by atoms with Crippen LogP contribution < -0.4 is 16.0 Å². The molecule has 1 rings (SSSR count). The number of hydrogen-bond acceptors (Lipinski definition) is 2. The van der Waals surface area contributed by atoms with Crippen LogP contribution in [0.25, 0.3) is 0 Å². The zero-order valence-corrected chi connectivity index (χ0v) is 8.41. The SMILES string of the molecule is CNC(=O)NCC(=O)Nc1ccccc1. The van der Waals surface area contributed by atoms with Gasteiger partial charge in [-0.3, -0.25) is 4.79 Å². The summed E-state index contributed by atoms with van der Waals surface area (Å²) in [6.45, 7) is -0.0471. The van der Waals surface area contributed by atoms with Gasteiger partial charge in [0.2, 0.25) is 5.91 Å². The zero-order chi connectivity index (χ0) is 11.1. The van der Waals surface area contributed by atoms with Crippen LogP contribution in [-0.2, 0) is 4.79 Å². The van der Waals surface area contributed by atoms with Crippen molar-refractivity contribution in [3.63, 3.8) is 0 Å². The Balaban J connectivity index is 2.34. The molecule has 3 amide bonds. The summed E-state index contributed by atoms with van der Waals surface area (Å²) in [5, 5.41) is 7.38. The van der Waals surface area contributed by atoms with Gasteiger partial charge in [-0.25, -0.2) is 4.79 Å². The molecule has 0 aromatic heterocycles. The van der Waals surface area contributed by atoms with E-state index in [0.29, 0.717) is 5.69 Å². The van der Waals surface area contributed by atoms with E-state index in [1.165, 1.54) is 7.05 Å². The lowest BCUT2D eigenvalue weighted by atomic mass is 10.3. The number of carbonyl (C=O) groups excluding carboxylic acids is 2. The summed E-state index contributed by atoms with van der Waals surface area (Å²) in [7, 11) is 1.49. The van der Waals surface area contributed by atoms with Crippen molar-refractivity contribution in [2.24, 2.45) is 0 Å². The maximum absolute atomic E-state index is 11.3. The molecule has 0 heterocycles. The highest BCUT2D eigenvalue weighted by molar-refractivity contribution is 5.94. The number of rotatable bonds is 3. The molecule has 5 nitrogen and oxygen atoms in total. The van der Waals surface area contributed by atoms with Gasteiger partial charge in [-0.1, -0.05) is 18.2 Å². The minimum absolute atomic E-state index is 0.0471. The van der Waals surface area contributed by atoms with E-state index in [-0.39, 0.29) is 18.5 Å². The van der Waals surface area contributed by atoms with Crippen LogP contribution in [-0.4, -0.2) is 25.5 Å². The standard InChI is InChI=1S/C10H13N3O2/c1-11-10(15)12-7-9(14)13-8-5-3-2-4-6-8/h2-6H,7H2,1H3,(H,13,14)(H2,11,12,15). The fourth-order valence-corrected chi connectivity index (χ4v) is 0.976. The molecule has 1 aromatic carbocycles. The average Bonchev–Trinajstić information content (AvgIpc) is 2.27. The third-order valence-electron chi connectivity index (χ3n) is 1.69. The third kappa shape index (κ3) is 4.12. The van der Waals surface area contributed by atoms with Gasteiger partial charge < -0.3 is 16.0 Å². The molecule has 5 heteroatoms. The molecule has 0 aliphatic heterocycles. The number of benzene rings is 1. The van der Waals surface area contributed by atoms with Gasteiger partial charge in [0.05, 0.1) is 6.54 Å². The number of para-hydroxylation sites is 1. The van der Waals surface area contributed by atoms with Gasteiger partial charge in [-0.05, 0) is 12.1 Å². The Bertz CT molecular complexity index is 338. The van der Waals surface area contributed by atoms with Crippen LogP contribution in [0.15, 0.2) is 30.3 Å². The van der Waals surface area contributed by atoms with Gasteiger partial charge in [0.1, 0.15) is 0 Å².